The lowest BCUT2D eigenvalue weighted by molar-refractivity contribution is -0.384. The van der Waals surface area contributed by atoms with Gasteiger partial charge >= 0.3 is 0 Å². The molecule has 1 N–H and O–H groups in total. The molecule has 2 aromatic heterocycles. The molecule has 2 rings (SSSR count). The molecule has 18 heavy (non-hydrogen) atoms. The second-order valence-electron chi connectivity index (χ2n) is 3.63. The third-order valence-electron chi connectivity index (χ3n) is 2.36. The van der Waals surface area contributed by atoms with E-state index in [9.17, 15) is 10.1 Å². The van der Waals surface area contributed by atoms with Crippen molar-refractivity contribution in [1.82, 2.24) is 20.0 Å². The first-order valence-corrected chi connectivity index (χ1v) is 5.37. The average molecular weight is 248 g/mol. The molecule has 0 aliphatic rings. The summed E-state index contributed by atoms with van der Waals surface area (Å²) in [5.41, 5.74) is 1.07. The summed E-state index contributed by atoms with van der Waals surface area (Å²) in [5.74, 6) is 0.461. The zero-order chi connectivity index (χ0) is 13.1. The molecule has 0 unspecified atom stereocenters. The van der Waals surface area contributed by atoms with Crippen LogP contribution in [0.25, 0.3) is 11.4 Å². The Balaban J connectivity index is 2.53. The van der Waals surface area contributed by atoms with Crippen molar-refractivity contribution in [2.75, 3.05) is 11.9 Å². The molecule has 8 nitrogen and oxygen atoms in total. The van der Waals surface area contributed by atoms with E-state index in [2.05, 4.69) is 20.6 Å². The van der Waals surface area contributed by atoms with Crippen molar-refractivity contribution in [2.45, 2.75) is 6.92 Å². The Morgan fingerprint density at radius 2 is 2.28 bits per heavy atom. The Hall–Kier alpha value is -2.51. The van der Waals surface area contributed by atoms with Crippen LogP contribution in [0.15, 0.2) is 18.3 Å². The molecule has 0 amide bonds. The van der Waals surface area contributed by atoms with E-state index in [4.69, 9.17) is 0 Å². The van der Waals surface area contributed by atoms with Gasteiger partial charge < -0.3 is 5.32 Å². The summed E-state index contributed by atoms with van der Waals surface area (Å²) in [4.78, 5) is 14.7. The Labute approximate surface area is 103 Å². The number of hydrogen-bond acceptors (Lipinski definition) is 6. The van der Waals surface area contributed by atoms with Crippen molar-refractivity contribution in [3.63, 3.8) is 0 Å². The lowest BCUT2D eigenvalue weighted by Gasteiger charge is -2.05. The normalized spacial score (nSPS) is 10.3. The number of nitro groups is 1. The molecule has 0 aliphatic carbocycles. The zero-order valence-corrected chi connectivity index (χ0v) is 9.99. The van der Waals surface area contributed by atoms with E-state index in [-0.39, 0.29) is 5.69 Å². The van der Waals surface area contributed by atoms with Crippen LogP contribution in [0.1, 0.15) is 6.92 Å². The van der Waals surface area contributed by atoms with Crippen molar-refractivity contribution in [2.24, 2.45) is 7.05 Å². The molecule has 94 valence electrons. The fourth-order valence-electron chi connectivity index (χ4n) is 1.55. The number of anilines is 1. The predicted molar refractivity (Wildman–Crippen MR) is 65.1 cm³/mol. The molecular formula is C10H12N6O2. The van der Waals surface area contributed by atoms with Crippen LogP contribution in [0.5, 0.6) is 0 Å². The van der Waals surface area contributed by atoms with Gasteiger partial charge in [0.25, 0.3) is 5.69 Å². The van der Waals surface area contributed by atoms with Gasteiger partial charge in [-0.05, 0) is 6.92 Å². The van der Waals surface area contributed by atoms with Crippen LogP contribution in [0.2, 0.25) is 0 Å². The van der Waals surface area contributed by atoms with Crippen LogP contribution in [-0.4, -0.2) is 31.4 Å². The highest BCUT2D eigenvalue weighted by Gasteiger charge is 2.14. The SMILES string of the molecule is CCNc1cc([N+](=O)[O-])cc(-c2cnnn2C)n1. The fraction of sp³-hybridized carbons (Fsp3) is 0.300. The zero-order valence-electron chi connectivity index (χ0n) is 9.99. The van der Waals surface area contributed by atoms with Gasteiger partial charge in [0.05, 0.1) is 22.9 Å². The maximum absolute atomic E-state index is 10.9. The number of aryl methyl sites for hydroxylation is 1. The molecule has 0 saturated heterocycles. The highest BCUT2D eigenvalue weighted by atomic mass is 16.6. The second kappa shape index (κ2) is 4.78. The van der Waals surface area contributed by atoms with E-state index in [1.165, 1.54) is 23.0 Å². The first kappa shape index (κ1) is 12.0. The van der Waals surface area contributed by atoms with Gasteiger partial charge in [0.2, 0.25) is 0 Å². The van der Waals surface area contributed by atoms with Gasteiger partial charge in [-0.25, -0.2) is 9.67 Å². The van der Waals surface area contributed by atoms with E-state index in [1.54, 1.807) is 7.05 Å². The van der Waals surface area contributed by atoms with Crippen LogP contribution in [0.4, 0.5) is 11.5 Å². The summed E-state index contributed by atoms with van der Waals surface area (Å²) < 4.78 is 1.52. The maximum Gasteiger partial charge on any atom is 0.275 e. The van der Waals surface area contributed by atoms with E-state index in [0.29, 0.717) is 23.8 Å². The largest absolute Gasteiger partial charge is 0.370 e. The van der Waals surface area contributed by atoms with Crippen molar-refractivity contribution in [3.8, 4) is 11.4 Å². The van der Waals surface area contributed by atoms with Crippen LogP contribution in [-0.2, 0) is 7.05 Å². The average Bonchev–Trinajstić information content (AvgIpc) is 2.75. The number of rotatable bonds is 4. The van der Waals surface area contributed by atoms with E-state index in [0.717, 1.165) is 0 Å². The predicted octanol–water partition coefficient (Wildman–Crippen LogP) is 1.22. The molecule has 2 heterocycles. The van der Waals surface area contributed by atoms with Crippen LogP contribution >= 0.6 is 0 Å². The van der Waals surface area contributed by atoms with Gasteiger partial charge in [-0.15, -0.1) is 5.10 Å². The van der Waals surface area contributed by atoms with Gasteiger partial charge in [-0.2, -0.15) is 0 Å². The summed E-state index contributed by atoms with van der Waals surface area (Å²) >= 11 is 0. The molecule has 0 aliphatic heterocycles. The van der Waals surface area contributed by atoms with Crippen molar-refractivity contribution in [3.05, 3.63) is 28.4 Å². The van der Waals surface area contributed by atoms with E-state index in [1.807, 2.05) is 6.92 Å². The summed E-state index contributed by atoms with van der Waals surface area (Å²) in [6.45, 7) is 2.53. The third-order valence-corrected chi connectivity index (χ3v) is 2.36. The minimum Gasteiger partial charge on any atom is -0.370 e. The van der Waals surface area contributed by atoms with Crippen molar-refractivity contribution >= 4 is 11.5 Å². The summed E-state index contributed by atoms with van der Waals surface area (Å²) in [7, 11) is 1.70. The number of hydrogen-bond donors (Lipinski definition) is 1. The molecule has 0 radical (unpaired) electrons. The van der Waals surface area contributed by atoms with Crippen LogP contribution < -0.4 is 5.32 Å². The molecule has 0 aromatic carbocycles. The molecule has 0 saturated carbocycles. The molecule has 2 aromatic rings. The molecular weight excluding hydrogens is 236 g/mol. The third kappa shape index (κ3) is 2.26. The Bertz CT molecular complexity index is 579. The minimum absolute atomic E-state index is 0.0165. The summed E-state index contributed by atoms with van der Waals surface area (Å²) in [5, 5.41) is 21.3. The lowest BCUT2D eigenvalue weighted by Crippen LogP contribution is -2.03. The summed E-state index contributed by atoms with van der Waals surface area (Å²) in [6, 6.07) is 2.80. The van der Waals surface area contributed by atoms with Gasteiger partial charge in [0.15, 0.2) is 0 Å². The Kier molecular flexibility index (Phi) is 3.18. The van der Waals surface area contributed by atoms with Gasteiger partial charge in [-0.1, -0.05) is 5.21 Å². The molecule has 0 fully saturated rings. The first-order valence-electron chi connectivity index (χ1n) is 5.37. The molecule has 0 atom stereocenters. The maximum atomic E-state index is 10.9. The number of nitrogens with zero attached hydrogens (tertiary/aromatic N) is 5. The highest BCUT2D eigenvalue weighted by Crippen LogP contribution is 2.24. The Morgan fingerprint density at radius 1 is 1.50 bits per heavy atom. The van der Waals surface area contributed by atoms with Crippen molar-refractivity contribution < 1.29 is 4.92 Å². The second-order valence-corrected chi connectivity index (χ2v) is 3.63. The highest BCUT2D eigenvalue weighted by molar-refractivity contribution is 5.61. The number of nitrogens with one attached hydrogen (secondary N) is 1. The molecule has 8 heteroatoms. The van der Waals surface area contributed by atoms with Crippen molar-refractivity contribution in [1.29, 1.82) is 0 Å². The van der Waals surface area contributed by atoms with Gasteiger partial charge in [-0.3, -0.25) is 10.1 Å². The lowest BCUT2D eigenvalue weighted by atomic mass is 10.2. The number of pyridine rings is 1. The quantitative estimate of drug-likeness (QED) is 0.645. The standard InChI is InChI=1S/C10H12N6O2/c1-3-11-10-5-7(16(17)18)4-8(13-10)9-6-12-14-15(9)2/h4-6H,3H2,1-2H3,(H,11,13). The van der Waals surface area contributed by atoms with Crippen LogP contribution in [0, 0.1) is 10.1 Å². The van der Waals surface area contributed by atoms with E-state index < -0.39 is 4.92 Å². The van der Waals surface area contributed by atoms with E-state index >= 15 is 0 Å². The molecule has 0 spiro atoms. The minimum atomic E-state index is -0.449. The monoisotopic (exact) mass is 248 g/mol. The van der Waals surface area contributed by atoms with Gasteiger partial charge in [0, 0.05) is 19.7 Å². The fourth-order valence-corrected chi connectivity index (χ4v) is 1.55. The Morgan fingerprint density at radius 3 is 2.83 bits per heavy atom. The smallest absolute Gasteiger partial charge is 0.275 e. The topological polar surface area (TPSA) is 98.8 Å². The molecule has 0 bridgehead atoms. The van der Waals surface area contributed by atoms with Crippen LogP contribution in [0.3, 0.4) is 0 Å². The van der Waals surface area contributed by atoms with Gasteiger partial charge in [0.1, 0.15) is 11.5 Å². The number of aromatic nitrogens is 4. The summed E-state index contributed by atoms with van der Waals surface area (Å²) in [6.07, 6.45) is 1.52. The first-order chi connectivity index (χ1) is 8.61.